The van der Waals surface area contributed by atoms with Crippen LogP contribution in [0.25, 0.3) is 0 Å². The number of nitrogens with one attached hydrogen (secondary N) is 1. The van der Waals surface area contributed by atoms with Crippen molar-refractivity contribution in [2.75, 3.05) is 5.32 Å². The highest BCUT2D eigenvalue weighted by Gasteiger charge is 2.19. The lowest BCUT2D eigenvalue weighted by molar-refractivity contribution is -0.115. The minimum atomic E-state index is -0.00991. The molecule has 1 N–H and O–H groups in total. The number of hydrogen-bond donors (Lipinski definition) is 1. The first-order valence-corrected chi connectivity index (χ1v) is 7.58. The van der Waals surface area contributed by atoms with Gasteiger partial charge in [-0.05, 0) is 30.9 Å². The molecule has 0 unspecified atom stereocenters. The Labute approximate surface area is 132 Å². The van der Waals surface area contributed by atoms with Crippen LogP contribution >= 0.6 is 0 Å². The predicted molar refractivity (Wildman–Crippen MR) is 90.2 cm³/mol. The van der Waals surface area contributed by atoms with Crippen LogP contribution in [0.3, 0.4) is 0 Å². The van der Waals surface area contributed by atoms with Gasteiger partial charge >= 0.3 is 0 Å². The zero-order chi connectivity index (χ0) is 16.5. The molecule has 22 heavy (non-hydrogen) atoms. The van der Waals surface area contributed by atoms with E-state index in [1.165, 1.54) is 0 Å². The average Bonchev–Trinajstić information content (AvgIpc) is 2.65. The van der Waals surface area contributed by atoms with E-state index in [0.29, 0.717) is 6.42 Å². The topological polar surface area (TPSA) is 46.9 Å². The molecule has 1 aromatic carbocycles. The van der Waals surface area contributed by atoms with E-state index in [4.69, 9.17) is 0 Å². The number of aryl methyl sites for hydroxylation is 2. The summed E-state index contributed by atoms with van der Waals surface area (Å²) in [5.41, 5.74) is 4.98. The second-order valence-corrected chi connectivity index (χ2v) is 6.79. The van der Waals surface area contributed by atoms with Crippen molar-refractivity contribution in [2.45, 2.75) is 46.5 Å². The normalized spacial score (nSPS) is 11.5. The van der Waals surface area contributed by atoms with Crippen molar-refractivity contribution in [2.24, 2.45) is 7.05 Å². The Morgan fingerprint density at radius 2 is 1.86 bits per heavy atom. The number of rotatable bonds is 3. The zero-order valence-electron chi connectivity index (χ0n) is 14.3. The molecule has 0 spiro atoms. The summed E-state index contributed by atoms with van der Waals surface area (Å²) in [6, 6.07) is 7.98. The van der Waals surface area contributed by atoms with Crippen LogP contribution in [0, 0.1) is 13.8 Å². The van der Waals surface area contributed by atoms with Gasteiger partial charge < -0.3 is 5.32 Å². The summed E-state index contributed by atoms with van der Waals surface area (Å²) >= 11 is 0. The minimum absolute atomic E-state index is 0.00380. The molecule has 4 nitrogen and oxygen atoms in total. The molecule has 0 bridgehead atoms. The minimum Gasteiger partial charge on any atom is -0.326 e. The number of amides is 1. The van der Waals surface area contributed by atoms with Gasteiger partial charge in [0.05, 0.1) is 12.1 Å². The second-order valence-electron chi connectivity index (χ2n) is 6.79. The molecule has 0 aliphatic rings. The highest BCUT2D eigenvalue weighted by atomic mass is 16.1. The molecular formula is C18H25N3O. The Morgan fingerprint density at radius 3 is 2.41 bits per heavy atom. The molecule has 2 rings (SSSR count). The van der Waals surface area contributed by atoms with Crippen molar-refractivity contribution in [1.29, 1.82) is 0 Å². The quantitative estimate of drug-likeness (QED) is 0.942. The molecule has 0 saturated heterocycles. The van der Waals surface area contributed by atoms with Crippen molar-refractivity contribution in [3.05, 3.63) is 46.8 Å². The van der Waals surface area contributed by atoms with Crippen molar-refractivity contribution in [3.8, 4) is 0 Å². The number of anilines is 1. The van der Waals surface area contributed by atoms with Crippen LogP contribution in [0.4, 0.5) is 5.69 Å². The van der Waals surface area contributed by atoms with Crippen molar-refractivity contribution in [3.63, 3.8) is 0 Å². The SMILES string of the molecule is Cc1nn(C)c(C)c1CC(=O)Nc1ccccc1C(C)(C)C. The number of carbonyl (C=O) groups is 1. The molecule has 1 amide bonds. The van der Waals surface area contributed by atoms with Gasteiger partial charge in [0.1, 0.15) is 0 Å². The van der Waals surface area contributed by atoms with Gasteiger partial charge in [-0.15, -0.1) is 0 Å². The van der Waals surface area contributed by atoms with Crippen LogP contribution in [0.15, 0.2) is 24.3 Å². The molecule has 0 aliphatic carbocycles. The molecular weight excluding hydrogens is 274 g/mol. The van der Waals surface area contributed by atoms with Crippen LogP contribution < -0.4 is 5.32 Å². The summed E-state index contributed by atoms with van der Waals surface area (Å²) in [5.74, 6) is -0.00380. The van der Waals surface area contributed by atoms with Crippen molar-refractivity contribution < 1.29 is 4.79 Å². The van der Waals surface area contributed by atoms with E-state index in [-0.39, 0.29) is 11.3 Å². The highest BCUT2D eigenvalue weighted by molar-refractivity contribution is 5.93. The number of benzene rings is 1. The van der Waals surface area contributed by atoms with E-state index in [1.807, 2.05) is 43.8 Å². The maximum Gasteiger partial charge on any atom is 0.228 e. The largest absolute Gasteiger partial charge is 0.326 e. The van der Waals surface area contributed by atoms with E-state index in [1.54, 1.807) is 0 Å². The smallest absolute Gasteiger partial charge is 0.228 e. The standard InChI is InChI=1S/C18H25N3O/c1-12-14(13(2)21(6)20-12)11-17(22)19-16-10-8-7-9-15(16)18(3,4)5/h7-10H,11H2,1-6H3,(H,19,22). The summed E-state index contributed by atoms with van der Waals surface area (Å²) in [4.78, 5) is 12.4. The van der Waals surface area contributed by atoms with Gasteiger partial charge in [0.2, 0.25) is 5.91 Å². The number of aromatic nitrogens is 2. The van der Waals surface area contributed by atoms with Crippen LogP contribution in [0.5, 0.6) is 0 Å². The summed E-state index contributed by atoms with van der Waals surface area (Å²) in [5, 5.41) is 7.42. The molecule has 1 aromatic heterocycles. The fourth-order valence-electron chi connectivity index (χ4n) is 2.67. The van der Waals surface area contributed by atoms with Crippen molar-refractivity contribution >= 4 is 11.6 Å². The zero-order valence-corrected chi connectivity index (χ0v) is 14.3. The summed E-state index contributed by atoms with van der Waals surface area (Å²) in [6.45, 7) is 10.4. The average molecular weight is 299 g/mol. The Balaban J connectivity index is 2.20. The van der Waals surface area contributed by atoms with E-state index in [0.717, 1.165) is 28.2 Å². The monoisotopic (exact) mass is 299 g/mol. The second kappa shape index (κ2) is 5.95. The molecule has 0 aliphatic heterocycles. The highest BCUT2D eigenvalue weighted by Crippen LogP contribution is 2.29. The Morgan fingerprint density at radius 1 is 1.23 bits per heavy atom. The first-order valence-electron chi connectivity index (χ1n) is 7.58. The van der Waals surface area contributed by atoms with Gasteiger partial charge in [0.25, 0.3) is 0 Å². The summed E-state index contributed by atoms with van der Waals surface area (Å²) < 4.78 is 1.82. The van der Waals surface area contributed by atoms with Crippen LogP contribution in [0.2, 0.25) is 0 Å². The third-order valence-electron chi connectivity index (χ3n) is 4.01. The van der Waals surface area contributed by atoms with Gasteiger partial charge in [0, 0.05) is 24.0 Å². The van der Waals surface area contributed by atoms with Crippen LogP contribution in [-0.4, -0.2) is 15.7 Å². The number of nitrogens with zero attached hydrogens (tertiary/aromatic N) is 2. The van der Waals surface area contributed by atoms with Crippen LogP contribution in [-0.2, 0) is 23.7 Å². The van der Waals surface area contributed by atoms with Gasteiger partial charge in [-0.1, -0.05) is 39.0 Å². The molecule has 118 valence electrons. The molecule has 0 fully saturated rings. The first kappa shape index (κ1) is 16.3. The Hall–Kier alpha value is -2.10. The third kappa shape index (κ3) is 3.38. The lowest BCUT2D eigenvalue weighted by Gasteiger charge is -2.23. The molecule has 0 saturated carbocycles. The van der Waals surface area contributed by atoms with Crippen LogP contribution in [0.1, 0.15) is 43.3 Å². The Bertz CT molecular complexity index is 693. The maximum absolute atomic E-state index is 12.4. The fraction of sp³-hybridized carbons (Fsp3) is 0.444. The molecule has 4 heteroatoms. The van der Waals surface area contributed by atoms with E-state index < -0.39 is 0 Å². The molecule has 2 aromatic rings. The lowest BCUT2D eigenvalue weighted by atomic mass is 9.86. The van der Waals surface area contributed by atoms with E-state index in [2.05, 4.69) is 37.3 Å². The van der Waals surface area contributed by atoms with Crippen molar-refractivity contribution in [1.82, 2.24) is 9.78 Å². The van der Waals surface area contributed by atoms with Gasteiger partial charge in [-0.3, -0.25) is 9.48 Å². The van der Waals surface area contributed by atoms with Gasteiger partial charge in [-0.25, -0.2) is 0 Å². The number of para-hydroxylation sites is 1. The third-order valence-corrected chi connectivity index (χ3v) is 4.01. The predicted octanol–water partition coefficient (Wildman–Crippen LogP) is 3.52. The Kier molecular flexibility index (Phi) is 4.40. The number of hydrogen-bond acceptors (Lipinski definition) is 2. The molecule has 0 radical (unpaired) electrons. The fourth-order valence-corrected chi connectivity index (χ4v) is 2.67. The lowest BCUT2D eigenvalue weighted by Crippen LogP contribution is -2.20. The van der Waals surface area contributed by atoms with E-state index >= 15 is 0 Å². The van der Waals surface area contributed by atoms with E-state index in [9.17, 15) is 4.79 Å². The first-order chi connectivity index (χ1) is 10.2. The molecule has 0 atom stereocenters. The molecule has 1 heterocycles. The summed E-state index contributed by atoms with van der Waals surface area (Å²) in [7, 11) is 1.90. The maximum atomic E-state index is 12.4. The van der Waals surface area contributed by atoms with Gasteiger partial charge in [0.15, 0.2) is 0 Å². The summed E-state index contributed by atoms with van der Waals surface area (Å²) in [6.07, 6.45) is 0.351. The van der Waals surface area contributed by atoms with Gasteiger partial charge in [-0.2, -0.15) is 5.10 Å². The number of carbonyl (C=O) groups excluding carboxylic acids is 1.